The summed E-state index contributed by atoms with van der Waals surface area (Å²) in [7, 11) is 0. The molecular weight excluding hydrogens is 483 g/mol. The molecule has 1 amide bonds. The van der Waals surface area contributed by atoms with E-state index in [1.54, 1.807) is 0 Å². The summed E-state index contributed by atoms with van der Waals surface area (Å²) in [4.78, 5) is 14.9. The van der Waals surface area contributed by atoms with Crippen molar-refractivity contribution in [2.45, 2.75) is 76.3 Å². The van der Waals surface area contributed by atoms with E-state index in [1.165, 1.54) is 6.42 Å². The van der Waals surface area contributed by atoms with Gasteiger partial charge >= 0.3 is 0 Å². The Kier molecular flexibility index (Phi) is 11.4. The molecule has 3 atom stereocenters. The number of aliphatic hydroxyl groups is 1. The van der Waals surface area contributed by atoms with E-state index in [9.17, 15) is 14.3 Å². The van der Waals surface area contributed by atoms with Gasteiger partial charge in [-0.15, -0.1) is 0 Å². The van der Waals surface area contributed by atoms with Crippen molar-refractivity contribution in [3.63, 3.8) is 0 Å². The Morgan fingerprint density at radius 3 is 2.66 bits per heavy atom. The molecule has 0 radical (unpaired) electrons. The number of amides is 1. The van der Waals surface area contributed by atoms with Crippen molar-refractivity contribution in [1.82, 2.24) is 10.2 Å². The molecule has 2 aliphatic heterocycles. The highest BCUT2D eigenvalue weighted by atomic mass is 19.1. The summed E-state index contributed by atoms with van der Waals surface area (Å²) in [6.07, 6.45) is 5.63. The molecule has 2 fully saturated rings. The number of carbonyl (C=O) groups is 1. The first kappa shape index (κ1) is 28.5. The van der Waals surface area contributed by atoms with Gasteiger partial charge in [0.05, 0.1) is 6.04 Å². The Balaban J connectivity index is 1.30. The summed E-state index contributed by atoms with van der Waals surface area (Å²) in [5.74, 6) is 1.35. The number of hydrogen-bond donors (Lipinski definition) is 2. The van der Waals surface area contributed by atoms with Crippen LogP contribution in [-0.4, -0.2) is 61.0 Å². The second-order valence-corrected chi connectivity index (χ2v) is 10.8. The van der Waals surface area contributed by atoms with E-state index in [4.69, 9.17) is 9.47 Å². The second kappa shape index (κ2) is 15.2. The highest BCUT2D eigenvalue weighted by molar-refractivity contribution is 5.76. The predicted octanol–water partition coefficient (Wildman–Crippen LogP) is 5.20. The molecule has 2 aliphatic rings. The van der Waals surface area contributed by atoms with E-state index in [0.717, 1.165) is 56.8 Å². The van der Waals surface area contributed by atoms with Crippen LogP contribution in [0.15, 0.2) is 54.6 Å². The SMILES string of the molecule is O=C(CCCCCC1CCOCC1)N[C@H](CN1CC[C@@H](F)C1)C(O)c1cccc(OCc2ccccc2)c1. The number of nitrogens with zero attached hydrogens (tertiary/aromatic N) is 1. The maximum atomic E-state index is 13.8. The minimum absolute atomic E-state index is 0.0624. The van der Waals surface area contributed by atoms with Crippen LogP contribution in [-0.2, 0) is 16.1 Å². The molecule has 4 rings (SSSR count). The number of ether oxygens (including phenoxy) is 2. The lowest BCUT2D eigenvalue weighted by Gasteiger charge is -2.29. The van der Waals surface area contributed by atoms with Gasteiger partial charge in [0.1, 0.15) is 24.6 Å². The maximum Gasteiger partial charge on any atom is 0.220 e. The number of benzene rings is 2. The van der Waals surface area contributed by atoms with Gasteiger partial charge in [-0.3, -0.25) is 9.69 Å². The lowest BCUT2D eigenvalue weighted by molar-refractivity contribution is -0.123. The number of unbranched alkanes of at least 4 members (excludes halogenated alkanes) is 2. The molecule has 2 aromatic carbocycles. The van der Waals surface area contributed by atoms with Gasteiger partial charge in [-0.05, 0) is 54.9 Å². The van der Waals surface area contributed by atoms with E-state index in [1.807, 2.05) is 59.5 Å². The molecule has 7 heteroatoms. The lowest BCUT2D eigenvalue weighted by atomic mass is 9.93. The number of nitrogens with one attached hydrogen (secondary N) is 1. The zero-order valence-electron chi connectivity index (χ0n) is 22.4. The largest absolute Gasteiger partial charge is 0.489 e. The fraction of sp³-hybridized carbons (Fsp3) is 0.581. The molecule has 2 N–H and O–H groups in total. The van der Waals surface area contributed by atoms with Crippen LogP contribution in [0.2, 0.25) is 0 Å². The number of aliphatic hydroxyl groups excluding tert-OH is 1. The van der Waals surface area contributed by atoms with Gasteiger partial charge in [0, 0.05) is 39.3 Å². The number of carbonyl (C=O) groups excluding carboxylic acids is 1. The van der Waals surface area contributed by atoms with E-state index >= 15 is 0 Å². The van der Waals surface area contributed by atoms with Crippen molar-refractivity contribution in [2.75, 3.05) is 32.8 Å². The zero-order valence-corrected chi connectivity index (χ0v) is 22.4. The summed E-state index contributed by atoms with van der Waals surface area (Å²) in [5, 5.41) is 14.4. The van der Waals surface area contributed by atoms with Gasteiger partial charge in [0.2, 0.25) is 5.91 Å². The van der Waals surface area contributed by atoms with Crippen LogP contribution in [0.5, 0.6) is 5.75 Å². The Bertz CT molecular complexity index is 969. The smallest absolute Gasteiger partial charge is 0.220 e. The van der Waals surface area contributed by atoms with Crippen LogP contribution in [0.4, 0.5) is 4.39 Å². The minimum Gasteiger partial charge on any atom is -0.489 e. The van der Waals surface area contributed by atoms with Gasteiger partial charge < -0.3 is 19.9 Å². The zero-order chi connectivity index (χ0) is 26.6. The van der Waals surface area contributed by atoms with Gasteiger partial charge in [0.15, 0.2) is 0 Å². The molecule has 2 heterocycles. The quantitative estimate of drug-likeness (QED) is 0.331. The average Bonchev–Trinajstić information content (AvgIpc) is 3.36. The number of likely N-dealkylation sites (tertiary alicyclic amines) is 1. The van der Waals surface area contributed by atoms with E-state index in [2.05, 4.69) is 5.32 Å². The molecule has 0 saturated carbocycles. The molecule has 0 aromatic heterocycles. The van der Waals surface area contributed by atoms with Gasteiger partial charge in [-0.2, -0.15) is 0 Å². The average molecular weight is 527 g/mol. The van der Waals surface area contributed by atoms with Crippen molar-refractivity contribution in [2.24, 2.45) is 5.92 Å². The molecule has 2 aromatic rings. The van der Waals surface area contributed by atoms with E-state index in [-0.39, 0.29) is 5.91 Å². The van der Waals surface area contributed by atoms with Crippen LogP contribution >= 0.6 is 0 Å². The fourth-order valence-electron chi connectivity index (χ4n) is 5.42. The molecule has 0 aliphatic carbocycles. The van der Waals surface area contributed by atoms with Crippen LogP contribution < -0.4 is 10.1 Å². The molecule has 208 valence electrons. The van der Waals surface area contributed by atoms with Crippen LogP contribution in [0.25, 0.3) is 0 Å². The van der Waals surface area contributed by atoms with Crippen LogP contribution in [0.3, 0.4) is 0 Å². The van der Waals surface area contributed by atoms with Gasteiger partial charge in [-0.1, -0.05) is 61.7 Å². The third-order valence-electron chi connectivity index (χ3n) is 7.70. The molecule has 0 bridgehead atoms. The third kappa shape index (κ3) is 9.37. The number of rotatable bonds is 14. The minimum atomic E-state index is -0.925. The highest BCUT2D eigenvalue weighted by Gasteiger charge is 2.29. The Labute approximate surface area is 226 Å². The standard InChI is InChI=1S/C31H43FN2O4/c32-27-14-17-34(21-27)22-29(33-30(35)13-6-2-3-8-24-15-18-37-19-16-24)31(36)26-11-7-12-28(20-26)38-23-25-9-4-1-5-10-25/h1,4-5,7,9-12,20,24,27,29,31,36H,2-3,6,8,13-19,21-23H2,(H,33,35)/t27-,29-,31?/m1/s1. The summed E-state index contributed by atoms with van der Waals surface area (Å²) >= 11 is 0. The van der Waals surface area contributed by atoms with E-state index in [0.29, 0.717) is 50.4 Å². The molecule has 1 unspecified atom stereocenters. The Morgan fingerprint density at radius 1 is 1.08 bits per heavy atom. The summed E-state index contributed by atoms with van der Waals surface area (Å²) < 4.78 is 25.2. The number of hydrogen-bond acceptors (Lipinski definition) is 5. The fourth-order valence-corrected chi connectivity index (χ4v) is 5.42. The number of alkyl halides is 1. The van der Waals surface area contributed by atoms with Gasteiger partial charge in [0.25, 0.3) is 0 Å². The summed E-state index contributed by atoms with van der Waals surface area (Å²) in [6.45, 7) is 3.56. The van der Waals surface area contributed by atoms with Gasteiger partial charge in [-0.25, -0.2) is 4.39 Å². The van der Waals surface area contributed by atoms with Crippen molar-refractivity contribution in [3.8, 4) is 5.75 Å². The van der Waals surface area contributed by atoms with Crippen molar-refractivity contribution >= 4 is 5.91 Å². The summed E-state index contributed by atoms with van der Waals surface area (Å²) in [6, 6.07) is 16.8. The first-order chi connectivity index (χ1) is 18.6. The van der Waals surface area contributed by atoms with Crippen LogP contribution in [0, 0.1) is 5.92 Å². The maximum absolute atomic E-state index is 13.8. The summed E-state index contributed by atoms with van der Waals surface area (Å²) in [5.41, 5.74) is 1.74. The first-order valence-corrected chi connectivity index (χ1v) is 14.2. The van der Waals surface area contributed by atoms with E-state index < -0.39 is 18.3 Å². The van der Waals surface area contributed by atoms with Crippen molar-refractivity contribution in [3.05, 3.63) is 65.7 Å². The Hall–Kier alpha value is -2.48. The third-order valence-corrected chi connectivity index (χ3v) is 7.70. The molecule has 0 spiro atoms. The Morgan fingerprint density at radius 2 is 1.89 bits per heavy atom. The number of halogens is 1. The molecule has 2 saturated heterocycles. The molecule has 6 nitrogen and oxygen atoms in total. The normalized spacial score (nSPS) is 20.2. The van der Waals surface area contributed by atoms with Crippen LogP contribution in [0.1, 0.15) is 68.6 Å². The monoisotopic (exact) mass is 526 g/mol. The first-order valence-electron chi connectivity index (χ1n) is 14.2. The van der Waals surface area contributed by atoms with Crippen molar-refractivity contribution in [1.29, 1.82) is 0 Å². The van der Waals surface area contributed by atoms with Crippen molar-refractivity contribution < 1.29 is 23.8 Å². The molecular formula is C31H43FN2O4. The predicted molar refractivity (Wildman–Crippen MR) is 147 cm³/mol. The topological polar surface area (TPSA) is 71.0 Å². The highest BCUT2D eigenvalue weighted by Crippen LogP contribution is 2.25. The molecule has 38 heavy (non-hydrogen) atoms. The lowest BCUT2D eigenvalue weighted by Crippen LogP contribution is -2.46. The second-order valence-electron chi connectivity index (χ2n) is 10.8.